The van der Waals surface area contributed by atoms with Crippen LogP contribution in [0.1, 0.15) is 32.1 Å². The highest BCUT2D eigenvalue weighted by molar-refractivity contribution is 6.02. The summed E-state index contributed by atoms with van der Waals surface area (Å²) < 4.78 is 10.4. The molecule has 1 N–H and O–H groups in total. The molecule has 0 aliphatic rings. The smallest absolute Gasteiger partial charge is 0.339 e. The fraction of sp³-hybridized carbons (Fsp3) is 0.211. The summed E-state index contributed by atoms with van der Waals surface area (Å²) in [6.45, 7) is 3.28. The second kappa shape index (κ2) is 6.76. The zero-order valence-corrected chi connectivity index (χ0v) is 14.3. The number of aromatic amines is 1. The molecule has 2 aromatic heterocycles. The number of fused-ring (bicyclic) bond motifs is 1. The number of nitrogens with one attached hydrogen (secondary N) is 1. The van der Waals surface area contributed by atoms with Gasteiger partial charge in [-0.1, -0.05) is 18.2 Å². The number of esters is 1. The lowest BCUT2D eigenvalue weighted by atomic mass is 10.1. The molecule has 3 rings (SSSR count). The number of benzene rings is 1. The first kappa shape index (κ1) is 16.7. The van der Waals surface area contributed by atoms with Crippen LogP contribution >= 0.6 is 0 Å². The number of carbonyl (C=O) groups excluding carboxylic acids is 2. The Balaban J connectivity index is 1.82. The Morgan fingerprint density at radius 1 is 1.16 bits per heavy atom. The van der Waals surface area contributed by atoms with Gasteiger partial charge in [-0.15, -0.1) is 0 Å². The van der Waals surface area contributed by atoms with E-state index in [4.69, 9.17) is 9.47 Å². The molecule has 0 radical (unpaired) electrons. The van der Waals surface area contributed by atoms with Crippen molar-refractivity contribution < 1.29 is 19.1 Å². The Morgan fingerprint density at radius 2 is 1.92 bits per heavy atom. The quantitative estimate of drug-likeness (QED) is 0.570. The molecule has 0 aliphatic carbocycles. The van der Waals surface area contributed by atoms with Gasteiger partial charge in [0.1, 0.15) is 11.3 Å². The summed E-state index contributed by atoms with van der Waals surface area (Å²) in [5.41, 5.74) is 2.60. The molecule has 0 saturated heterocycles. The predicted octanol–water partition coefficient (Wildman–Crippen LogP) is 3.23. The van der Waals surface area contributed by atoms with Crippen molar-refractivity contribution in [2.45, 2.75) is 13.8 Å². The molecule has 0 bridgehead atoms. The van der Waals surface area contributed by atoms with E-state index in [2.05, 4.69) is 9.97 Å². The van der Waals surface area contributed by atoms with E-state index in [0.29, 0.717) is 33.8 Å². The number of nitrogens with zero attached hydrogens (tertiary/aromatic N) is 1. The lowest BCUT2D eigenvalue weighted by Crippen LogP contribution is -2.14. The van der Waals surface area contributed by atoms with Crippen LogP contribution in [0, 0.1) is 13.8 Å². The van der Waals surface area contributed by atoms with E-state index >= 15 is 0 Å². The van der Waals surface area contributed by atoms with Crippen LogP contribution in [-0.4, -0.2) is 35.4 Å². The minimum absolute atomic E-state index is 0.156. The molecule has 0 saturated carbocycles. The summed E-state index contributed by atoms with van der Waals surface area (Å²) in [6.07, 6.45) is 1.68. The van der Waals surface area contributed by atoms with E-state index < -0.39 is 5.97 Å². The van der Waals surface area contributed by atoms with Crippen molar-refractivity contribution >= 4 is 22.7 Å². The minimum atomic E-state index is -0.468. The van der Waals surface area contributed by atoms with Crippen LogP contribution in [-0.2, 0) is 4.74 Å². The fourth-order valence-electron chi connectivity index (χ4n) is 2.85. The number of hydrogen-bond donors (Lipinski definition) is 1. The summed E-state index contributed by atoms with van der Waals surface area (Å²) in [6, 6.07) is 9.32. The Bertz CT molecular complexity index is 954. The molecular weight excluding hydrogens is 320 g/mol. The second-order valence-corrected chi connectivity index (χ2v) is 5.66. The fourth-order valence-corrected chi connectivity index (χ4v) is 2.85. The summed E-state index contributed by atoms with van der Waals surface area (Å²) in [7, 11) is 1.31. The molecule has 6 heteroatoms. The molecule has 25 heavy (non-hydrogen) atoms. The van der Waals surface area contributed by atoms with Crippen LogP contribution < -0.4 is 4.74 Å². The molecule has 3 aromatic rings. The van der Waals surface area contributed by atoms with E-state index in [-0.39, 0.29) is 12.4 Å². The van der Waals surface area contributed by atoms with Gasteiger partial charge >= 0.3 is 5.97 Å². The van der Waals surface area contributed by atoms with Crippen molar-refractivity contribution in [3.05, 3.63) is 59.0 Å². The summed E-state index contributed by atoms with van der Waals surface area (Å²) in [5.74, 6) is -0.172. The standard InChI is InChI=1S/C19H18N2O4/c1-11-16(19(23)24-3)12(2)21-17(11)14(22)10-25-15-8-4-6-13-7-5-9-20-18(13)15/h4-9,21H,10H2,1-3H3. The van der Waals surface area contributed by atoms with Crippen molar-refractivity contribution in [1.82, 2.24) is 9.97 Å². The number of rotatable bonds is 5. The first-order chi connectivity index (χ1) is 12.0. The number of pyridine rings is 1. The topological polar surface area (TPSA) is 81.3 Å². The van der Waals surface area contributed by atoms with E-state index in [0.717, 1.165) is 5.39 Å². The van der Waals surface area contributed by atoms with E-state index in [1.165, 1.54) is 7.11 Å². The van der Waals surface area contributed by atoms with Gasteiger partial charge < -0.3 is 14.5 Å². The first-order valence-electron chi connectivity index (χ1n) is 7.80. The zero-order chi connectivity index (χ0) is 18.0. The number of H-pyrrole nitrogens is 1. The summed E-state index contributed by atoms with van der Waals surface area (Å²) in [5, 5.41) is 0.937. The number of methoxy groups -OCH3 is 1. The lowest BCUT2D eigenvalue weighted by Gasteiger charge is -2.08. The molecule has 1 aromatic carbocycles. The van der Waals surface area contributed by atoms with Gasteiger partial charge in [-0.25, -0.2) is 4.79 Å². The average molecular weight is 338 g/mol. The monoisotopic (exact) mass is 338 g/mol. The third kappa shape index (κ3) is 3.10. The highest BCUT2D eigenvalue weighted by Crippen LogP contribution is 2.24. The van der Waals surface area contributed by atoms with Crippen molar-refractivity contribution in [3.8, 4) is 5.75 Å². The molecule has 0 amide bonds. The van der Waals surface area contributed by atoms with E-state index in [1.807, 2.05) is 24.3 Å². The van der Waals surface area contributed by atoms with E-state index in [1.54, 1.807) is 26.1 Å². The molecule has 0 atom stereocenters. The Hall–Kier alpha value is -3.15. The van der Waals surface area contributed by atoms with Crippen LogP contribution in [0.15, 0.2) is 36.5 Å². The van der Waals surface area contributed by atoms with Gasteiger partial charge in [-0.2, -0.15) is 0 Å². The largest absolute Gasteiger partial charge is 0.483 e. The molecule has 6 nitrogen and oxygen atoms in total. The number of ketones is 1. The predicted molar refractivity (Wildman–Crippen MR) is 93.2 cm³/mol. The molecule has 0 spiro atoms. The van der Waals surface area contributed by atoms with Gasteiger partial charge in [-0.3, -0.25) is 9.78 Å². The normalized spacial score (nSPS) is 10.7. The minimum Gasteiger partial charge on any atom is -0.483 e. The van der Waals surface area contributed by atoms with Crippen molar-refractivity contribution in [2.75, 3.05) is 13.7 Å². The number of ether oxygens (including phenoxy) is 2. The van der Waals surface area contributed by atoms with Gasteiger partial charge in [-0.05, 0) is 31.5 Å². The van der Waals surface area contributed by atoms with E-state index in [9.17, 15) is 9.59 Å². The maximum Gasteiger partial charge on any atom is 0.339 e. The van der Waals surface area contributed by atoms with Gasteiger partial charge in [0, 0.05) is 17.3 Å². The molecule has 0 aliphatic heterocycles. The van der Waals surface area contributed by atoms with Gasteiger partial charge in [0.05, 0.1) is 18.4 Å². The zero-order valence-electron chi connectivity index (χ0n) is 14.3. The Morgan fingerprint density at radius 3 is 2.68 bits per heavy atom. The molecule has 0 fully saturated rings. The van der Waals surface area contributed by atoms with Crippen molar-refractivity contribution in [3.63, 3.8) is 0 Å². The average Bonchev–Trinajstić information content (AvgIpc) is 2.93. The van der Waals surface area contributed by atoms with Crippen LogP contribution in [0.2, 0.25) is 0 Å². The number of hydrogen-bond acceptors (Lipinski definition) is 5. The van der Waals surface area contributed by atoms with Crippen LogP contribution in [0.25, 0.3) is 10.9 Å². The highest BCUT2D eigenvalue weighted by Gasteiger charge is 2.22. The second-order valence-electron chi connectivity index (χ2n) is 5.66. The Kier molecular flexibility index (Phi) is 4.52. The summed E-state index contributed by atoms with van der Waals surface area (Å²) in [4.78, 5) is 31.6. The van der Waals surface area contributed by atoms with Crippen molar-refractivity contribution in [1.29, 1.82) is 0 Å². The lowest BCUT2D eigenvalue weighted by molar-refractivity contribution is 0.0599. The summed E-state index contributed by atoms with van der Waals surface area (Å²) >= 11 is 0. The number of carbonyl (C=O) groups is 2. The van der Waals surface area contributed by atoms with Crippen molar-refractivity contribution in [2.24, 2.45) is 0 Å². The number of para-hydroxylation sites is 1. The maximum absolute atomic E-state index is 12.5. The molecule has 0 unspecified atom stereocenters. The van der Waals surface area contributed by atoms with Crippen LogP contribution in [0.4, 0.5) is 0 Å². The molecule has 2 heterocycles. The number of aromatic nitrogens is 2. The third-order valence-electron chi connectivity index (χ3n) is 4.06. The maximum atomic E-state index is 12.5. The number of Topliss-reactive ketones (excluding diaryl/α,β-unsaturated/α-hetero) is 1. The Labute approximate surface area is 144 Å². The highest BCUT2D eigenvalue weighted by atomic mass is 16.5. The molecule has 128 valence electrons. The SMILES string of the molecule is COC(=O)c1c(C)[nH]c(C(=O)COc2cccc3cccnc23)c1C. The third-order valence-corrected chi connectivity index (χ3v) is 4.06. The van der Waals surface area contributed by atoms with Gasteiger partial charge in [0.25, 0.3) is 0 Å². The van der Waals surface area contributed by atoms with Crippen LogP contribution in [0.3, 0.4) is 0 Å². The molecular formula is C19H18N2O4. The first-order valence-corrected chi connectivity index (χ1v) is 7.80. The van der Waals surface area contributed by atoms with Crippen LogP contribution in [0.5, 0.6) is 5.75 Å². The number of aryl methyl sites for hydroxylation is 1. The van der Waals surface area contributed by atoms with Gasteiger partial charge in [0.15, 0.2) is 6.61 Å². The van der Waals surface area contributed by atoms with Gasteiger partial charge in [0.2, 0.25) is 5.78 Å².